The molecule has 0 atom stereocenters. The summed E-state index contributed by atoms with van der Waals surface area (Å²) >= 11 is 1.25. The van der Waals surface area contributed by atoms with Gasteiger partial charge in [-0.1, -0.05) is 0 Å². The van der Waals surface area contributed by atoms with Gasteiger partial charge < -0.3 is 5.73 Å². The van der Waals surface area contributed by atoms with Crippen molar-refractivity contribution < 1.29 is 8.42 Å². The molecular formula is C5H9ClN2O2S2. The van der Waals surface area contributed by atoms with Gasteiger partial charge in [0.1, 0.15) is 0 Å². The van der Waals surface area contributed by atoms with E-state index in [0.717, 1.165) is 0 Å². The van der Waals surface area contributed by atoms with E-state index in [1.54, 1.807) is 5.38 Å². The molecule has 12 heavy (non-hydrogen) atoms. The Morgan fingerprint density at radius 3 is 2.58 bits per heavy atom. The molecule has 0 saturated heterocycles. The van der Waals surface area contributed by atoms with Gasteiger partial charge in [0.15, 0.2) is 15.0 Å². The van der Waals surface area contributed by atoms with Crippen LogP contribution in [0.25, 0.3) is 0 Å². The number of hydrogen-bond donors (Lipinski definition) is 1. The number of nitrogen functional groups attached to an aromatic ring is 1. The number of aromatic nitrogens is 1. The minimum absolute atomic E-state index is 0. The molecule has 0 saturated carbocycles. The molecule has 70 valence electrons. The third kappa shape index (κ3) is 3.89. The Balaban J connectivity index is 0.00000121. The molecule has 0 aliphatic rings. The molecule has 1 aromatic rings. The summed E-state index contributed by atoms with van der Waals surface area (Å²) < 4.78 is 21.5. The van der Waals surface area contributed by atoms with Crippen LogP contribution in [-0.2, 0) is 15.6 Å². The van der Waals surface area contributed by atoms with Crippen molar-refractivity contribution in [3.8, 4) is 0 Å². The summed E-state index contributed by atoms with van der Waals surface area (Å²) in [7, 11) is -2.98. The average Bonchev–Trinajstić information content (AvgIpc) is 2.10. The van der Waals surface area contributed by atoms with Crippen molar-refractivity contribution in [3.05, 3.63) is 11.1 Å². The van der Waals surface area contributed by atoms with Gasteiger partial charge in [-0.05, 0) is 0 Å². The lowest BCUT2D eigenvalue weighted by Gasteiger charge is -1.90. The lowest BCUT2D eigenvalue weighted by atomic mass is 10.6. The molecule has 0 aliphatic heterocycles. The van der Waals surface area contributed by atoms with Crippen LogP contribution in [0.2, 0.25) is 0 Å². The van der Waals surface area contributed by atoms with E-state index in [1.165, 1.54) is 17.6 Å². The van der Waals surface area contributed by atoms with Crippen molar-refractivity contribution in [2.24, 2.45) is 0 Å². The molecular weight excluding hydrogens is 220 g/mol. The Morgan fingerprint density at radius 1 is 1.67 bits per heavy atom. The summed E-state index contributed by atoms with van der Waals surface area (Å²) in [5.74, 6) is -0.0271. The highest BCUT2D eigenvalue weighted by atomic mass is 35.5. The van der Waals surface area contributed by atoms with Crippen LogP contribution in [0, 0.1) is 0 Å². The van der Waals surface area contributed by atoms with Crippen LogP contribution in [0.15, 0.2) is 5.38 Å². The number of nitrogens with zero attached hydrogens (tertiary/aromatic N) is 1. The molecule has 0 aliphatic carbocycles. The molecule has 0 fully saturated rings. The number of hydrogen-bond acceptors (Lipinski definition) is 5. The number of rotatable bonds is 2. The fraction of sp³-hybridized carbons (Fsp3) is 0.400. The second kappa shape index (κ2) is 4.06. The summed E-state index contributed by atoms with van der Waals surface area (Å²) in [5.41, 5.74) is 5.83. The standard InChI is InChI=1S/C5H8N2O2S2.ClH/c1-11(8,9)3-4-2-10-5(6)7-4;/h2H,3H2,1H3,(H2,6,7);1H. The molecule has 0 amide bonds. The van der Waals surface area contributed by atoms with Gasteiger partial charge in [0.25, 0.3) is 0 Å². The van der Waals surface area contributed by atoms with Gasteiger partial charge in [-0.25, -0.2) is 13.4 Å². The number of nitrogens with two attached hydrogens (primary N) is 1. The average molecular weight is 229 g/mol. The van der Waals surface area contributed by atoms with Crippen LogP contribution in [0.5, 0.6) is 0 Å². The molecule has 0 aromatic carbocycles. The first kappa shape index (κ1) is 11.7. The van der Waals surface area contributed by atoms with Gasteiger partial charge >= 0.3 is 0 Å². The topological polar surface area (TPSA) is 73.0 Å². The monoisotopic (exact) mass is 228 g/mol. The zero-order valence-electron chi connectivity index (χ0n) is 6.35. The lowest BCUT2D eigenvalue weighted by molar-refractivity contribution is 0.600. The van der Waals surface area contributed by atoms with Crippen molar-refractivity contribution in [2.75, 3.05) is 12.0 Å². The maximum absolute atomic E-state index is 10.7. The smallest absolute Gasteiger partial charge is 0.180 e. The third-order valence-electron chi connectivity index (χ3n) is 0.980. The van der Waals surface area contributed by atoms with Crippen LogP contribution in [-0.4, -0.2) is 19.7 Å². The van der Waals surface area contributed by atoms with Crippen molar-refractivity contribution >= 4 is 38.7 Å². The normalized spacial score (nSPS) is 10.8. The lowest BCUT2D eigenvalue weighted by Crippen LogP contribution is -2.00. The molecule has 0 unspecified atom stereocenters. The summed E-state index contributed by atoms with van der Waals surface area (Å²) in [6, 6.07) is 0. The SMILES string of the molecule is CS(=O)(=O)Cc1csc(N)n1.Cl. The van der Waals surface area contributed by atoms with Crippen LogP contribution in [0.1, 0.15) is 5.69 Å². The van der Waals surface area contributed by atoms with E-state index in [4.69, 9.17) is 5.73 Å². The Hall–Kier alpha value is -0.330. The Morgan fingerprint density at radius 2 is 2.25 bits per heavy atom. The molecule has 0 bridgehead atoms. The maximum atomic E-state index is 10.7. The van der Waals surface area contributed by atoms with Gasteiger partial charge in [-0.15, -0.1) is 23.7 Å². The molecule has 0 radical (unpaired) electrons. The zero-order valence-corrected chi connectivity index (χ0v) is 8.80. The molecule has 4 nitrogen and oxygen atoms in total. The molecule has 1 aromatic heterocycles. The molecule has 1 heterocycles. The third-order valence-corrected chi connectivity index (χ3v) is 2.52. The van der Waals surface area contributed by atoms with E-state index in [1.807, 2.05) is 0 Å². The van der Waals surface area contributed by atoms with Crippen LogP contribution in [0.4, 0.5) is 5.13 Å². The van der Waals surface area contributed by atoms with Crippen molar-refractivity contribution in [2.45, 2.75) is 5.75 Å². The van der Waals surface area contributed by atoms with Crippen molar-refractivity contribution in [1.82, 2.24) is 4.98 Å². The number of thiazole rings is 1. The first-order valence-electron chi connectivity index (χ1n) is 2.85. The quantitative estimate of drug-likeness (QED) is 0.809. The summed E-state index contributed by atoms with van der Waals surface area (Å²) in [6.45, 7) is 0. The van der Waals surface area contributed by atoms with E-state index in [-0.39, 0.29) is 18.2 Å². The number of halogens is 1. The van der Waals surface area contributed by atoms with E-state index in [0.29, 0.717) is 10.8 Å². The predicted octanol–water partition coefficient (Wildman–Crippen LogP) is 0.692. The Kier molecular flexibility index (Phi) is 3.95. The zero-order chi connectivity index (χ0) is 8.48. The minimum atomic E-state index is -2.98. The maximum Gasteiger partial charge on any atom is 0.180 e. The molecule has 0 spiro atoms. The van der Waals surface area contributed by atoms with E-state index < -0.39 is 9.84 Å². The molecule has 7 heteroatoms. The van der Waals surface area contributed by atoms with E-state index >= 15 is 0 Å². The highest BCUT2D eigenvalue weighted by molar-refractivity contribution is 7.89. The Bertz CT molecular complexity index is 346. The van der Waals surface area contributed by atoms with Gasteiger partial charge in [-0.3, -0.25) is 0 Å². The fourth-order valence-electron chi connectivity index (χ4n) is 0.658. The molecule has 2 N–H and O–H groups in total. The van der Waals surface area contributed by atoms with Gasteiger partial charge in [0, 0.05) is 11.6 Å². The van der Waals surface area contributed by atoms with Gasteiger partial charge in [0.05, 0.1) is 11.4 Å². The largest absolute Gasteiger partial charge is 0.375 e. The van der Waals surface area contributed by atoms with Crippen molar-refractivity contribution in [1.29, 1.82) is 0 Å². The first-order chi connectivity index (χ1) is 4.97. The summed E-state index contributed by atoms with van der Waals surface area (Å²) in [6.07, 6.45) is 1.17. The van der Waals surface area contributed by atoms with Crippen LogP contribution >= 0.6 is 23.7 Å². The second-order valence-electron chi connectivity index (χ2n) is 2.25. The summed E-state index contributed by atoms with van der Waals surface area (Å²) in [4.78, 5) is 3.81. The first-order valence-corrected chi connectivity index (χ1v) is 5.79. The van der Waals surface area contributed by atoms with E-state index in [9.17, 15) is 8.42 Å². The summed E-state index contributed by atoms with van der Waals surface area (Å²) in [5, 5.41) is 2.06. The van der Waals surface area contributed by atoms with Crippen molar-refractivity contribution in [3.63, 3.8) is 0 Å². The van der Waals surface area contributed by atoms with Crippen LogP contribution < -0.4 is 5.73 Å². The second-order valence-corrected chi connectivity index (χ2v) is 5.28. The fourth-order valence-corrected chi connectivity index (χ4v) is 2.01. The van der Waals surface area contributed by atoms with E-state index in [2.05, 4.69) is 4.98 Å². The molecule has 1 rings (SSSR count). The minimum Gasteiger partial charge on any atom is -0.375 e. The number of anilines is 1. The Labute approximate surface area is 81.1 Å². The highest BCUT2D eigenvalue weighted by Gasteiger charge is 2.06. The van der Waals surface area contributed by atoms with Crippen LogP contribution in [0.3, 0.4) is 0 Å². The predicted molar refractivity (Wildman–Crippen MR) is 52.3 cm³/mol. The highest BCUT2D eigenvalue weighted by Crippen LogP contribution is 2.12. The number of sulfone groups is 1. The van der Waals surface area contributed by atoms with Gasteiger partial charge in [0.2, 0.25) is 0 Å². The van der Waals surface area contributed by atoms with Gasteiger partial charge in [-0.2, -0.15) is 0 Å².